The molecule has 0 unspecified atom stereocenters. The second-order valence-corrected chi connectivity index (χ2v) is 6.98. The highest BCUT2D eigenvalue weighted by molar-refractivity contribution is 5.96. The lowest BCUT2D eigenvalue weighted by atomic mass is 9.97. The average molecular weight is 310 g/mol. The fourth-order valence-electron chi connectivity index (χ4n) is 4.30. The van der Waals surface area contributed by atoms with Crippen LogP contribution in [-0.4, -0.2) is 30.6 Å². The first kappa shape index (κ1) is 14.7. The van der Waals surface area contributed by atoms with Crippen LogP contribution in [0.4, 0.5) is 0 Å². The molecule has 3 heteroatoms. The van der Waals surface area contributed by atoms with Crippen LogP contribution in [0.5, 0.6) is 5.75 Å². The summed E-state index contributed by atoms with van der Waals surface area (Å²) in [5.74, 6) is 1.65. The second-order valence-electron chi connectivity index (χ2n) is 6.98. The van der Waals surface area contributed by atoms with Crippen molar-refractivity contribution in [3.05, 3.63) is 35.2 Å². The van der Waals surface area contributed by atoms with Crippen molar-refractivity contribution in [3.8, 4) is 5.75 Å². The number of H-pyrrole nitrogens is 1. The smallest absolute Gasteiger partial charge is 0.128 e. The monoisotopic (exact) mass is 310 g/mol. The molecule has 1 aliphatic heterocycles. The Morgan fingerprint density at radius 1 is 1.22 bits per heavy atom. The number of fused-ring (bicyclic) bond motifs is 1. The lowest BCUT2D eigenvalue weighted by Gasteiger charge is -2.14. The van der Waals surface area contributed by atoms with Gasteiger partial charge in [0.1, 0.15) is 5.75 Å². The summed E-state index contributed by atoms with van der Waals surface area (Å²) in [4.78, 5) is 6.12. The van der Waals surface area contributed by atoms with Crippen LogP contribution in [0.15, 0.2) is 23.9 Å². The number of allylic oxidation sites excluding steroid dienone is 1. The zero-order valence-corrected chi connectivity index (χ0v) is 14.2. The van der Waals surface area contributed by atoms with Gasteiger partial charge in [-0.3, -0.25) is 0 Å². The molecular weight excluding hydrogens is 284 g/mol. The number of hydrogen-bond acceptors (Lipinski definition) is 2. The fourth-order valence-corrected chi connectivity index (χ4v) is 4.30. The molecule has 2 aliphatic rings. The molecule has 2 heterocycles. The molecule has 1 saturated carbocycles. The summed E-state index contributed by atoms with van der Waals surface area (Å²) in [6, 6.07) is 6.33. The molecule has 1 saturated heterocycles. The van der Waals surface area contributed by atoms with Crippen molar-refractivity contribution in [1.29, 1.82) is 0 Å². The predicted molar refractivity (Wildman–Crippen MR) is 95.9 cm³/mol. The van der Waals surface area contributed by atoms with E-state index in [0.29, 0.717) is 5.92 Å². The molecular formula is C20H26N2O. The number of benzene rings is 1. The van der Waals surface area contributed by atoms with E-state index in [1.54, 1.807) is 7.11 Å². The first-order chi connectivity index (χ1) is 11.3. The molecule has 23 heavy (non-hydrogen) atoms. The Hall–Kier alpha value is -1.90. The van der Waals surface area contributed by atoms with Crippen molar-refractivity contribution in [1.82, 2.24) is 9.88 Å². The van der Waals surface area contributed by atoms with E-state index < -0.39 is 0 Å². The maximum atomic E-state index is 5.67. The third kappa shape index (κ3) is 2.52. The quantitative estimate of drug-likeness (QED) is 0.873. The summed E-state index contributed by atoms with van der Waals surface area (Å²) in [6.45, 7) is 1.17. The number of methoxy groups -OCH3 is 1. The highest BCUT2D eigenvalue weighted by Gasteiger charge is 2.25. The van der Waals surface area contributed by atoms with Crippen LogP contribution in [0.2, 0.25) is 0 Å². The van der Waals surface area contributed by atoms with Gasteiger partial charge in [-0.25, -0.2) is 0 Å². The number of likely N-dealkylation sites (tertiary alicyclic amines) is 1. The van der Waals surface area contributed by atoms with Gasteiger partial charge in [0.2, 0.25) is 0 Å². The number of aromatic nitrogens is 1. The zero-order valence-electron chi connectivity index (χ0n) is 14.2. The van der Waals surface area contributed by atoms with Gasteiger partial charge in [-0.05, 0) is 49.8 Å². The highest BCUT2D eigenvalue weighted by atomic mass is 16.5. The molecule has 1 N–H and O–H groups in total. The maximum absolute atomic E-state index is 5.67. The number of ether oxygens (including phenoxy) is 1. The summed E-state index contributed by atoms with van der Waals surface area (Å²) in [6.07, 6.45) is 10.2. The average Bonchev–Trinajstić information content (AvgIpc) is 3.28. The van der Waals surface area contributed by atoms with Gasteiger partial charge in [0, 0.05) is 41.4 Å². The van der Waals surface area contributed by atoms with Gasteiger partial charge in [0.05, 0.1) is 7.11 Å². The molecule has 3 nitrogen and oxygen atoms in total. The van der Waals surface area contributed by atoms with E-state index in [4.69, 9.17) is 4.74 Å². The Morgan fingerprint density at radius 3 is 2.74 bits per heavy atom. The highest BCUT2D eigenvalue weighted by Crippen LogP contribution is 2.42. The molecule has 0 spiro atoms. The van der Waals surface area contributed by atoms with Crippen LogP contribution in [0, 0.1) is 0 Å². The normalized spacial score (nSPS) is 21.0. The van der Waals surface area contributed by atoms with E-state index in [-0.39, 0.29) is 0 Å². The Labute approximate surface area is 138 Å². The summed E-state index contributed by atoms with van der Waals surface area (Å²) in [5.41, 5.74) is 5.46. The van der Waals surface area contributed by atoms with Gasteiger partial charge < -0.3 is 14.6 Å². The third-order valence-electron chi connectivity index (χ3n) is 5.57. The fraction of sp³-hybridized carbons (Fsp3) is 0.500. The molecule has 2 fully saturated rings. The molecule has 0 radical (unpaired) electrons. The Bertz CT molecular complexity index is 737. The van der Waals surface area contributed by atoms with Crippen LogP contribution in [0.1, 0.15) is 55.7 Å². The summed E-state index contributed by atoms with van der Waals surface area (Å²) in [5, 5.41) is 1.25. The van der Waals surface area contributed by atoms with E-state index in [1.807, 2.05) is 0 Å². The minimum atomic E-state index is 0.672. The SMILES string of the molecule is COc1cccc2[nH]c(C3CCCC3)c(/C=C3\CCCN3C)c12. The molecule has 1 aliphatic carbocycles. The molecule has 0 amide bonds. The number of hydrogen-bond donors (Lipinski definition) is 1. The minimum absolute atomic E-state index is 0.672. The standard InChI is InChI=1S/C20H26N2O/c1-22-12-6-9-15(22)13-16-19-17(10-5-11-18(19)23-2)21-20(16)14-7-3-4-8-14/h5,10-11,13-14,21H,3-4,6-9,12H2,1-2H3/b15-13+. The molecule has 0 bridgehead atoms. The molecule has 0 atom stereocenters. The van der Waals surface area contributed by atoms with Crippen molar-refractivity contribution < 1.29 is 4.74 Å². The van der Waals surface area contributed by atoms with E-state index >= 15 is 0 Å². The van der Waals surface area contributed by atoms with Gasteiger partial charge in [-0.1, -0.05) is 18.9 Å². The van der Waals surface area contributed by atoms with E-state index in [2.05, 4.69) is 41.2 Å². The largest absolute Gasteiger partial charge is 0.496 e. The molecule has 2 aromatic rings. The Morgan fingerprint density at radius 2 is 2.04 bits per heavy atom. The molecule has 122 valence electrons. The van der Waals surface area contributed by atoms with Crippen molar-refractivity contribution >= 4 is 17.0 Å². The van der Waals surface area contributed by atoms with Crippen molar-refractivity contribution in [2.75, 3.05) is 20.7 Å². The number of aromatic amines is 1. The van der Waals surface area contributed by atoms with Gasteiger partial charge in [0.25, 0.3) is 0 Å². The van der Waals surface area contributed by atoms with E-state index in [0.717, 1.165) is 5.75 Å². The zero-order chi connectivity index (χ0) is 15.8. The van der Waals surface area contributed by atoms with Gasteiger partial charge in [-0.15, -0.1) is 0 Å². The lowest BCUT2D eigenvalue weighted by Crippen LogP contribution is -2.10. The van der Waals surface area contributed by atoms with Gasteiger partial charge in [0.15, 0.2) is 0 Å². The van der Waals surface area contributed by atoms with Gasteiger partial charge >= 0.3 is 0 Å². The van der Waals surface area contributed by atoms with Crippen LogP contribution < -0.4 is 4.74 Å². The number of rotatable bonds is 3. The van der Waals surface area contributed by atoms with Crippen LogP contribution in [0.3, 0.4) is 0 Å². The number of nitrogens with one attached hydrogen (secondary N) is 1. The van der Waals surface area contributed by atoms with Crippen molar-refractivity contribution in [2.45, 2.75) is 44.4 Å². The molecule has 4 rings (SSSR count). The predicted octanol–water partition coefficient (Wildman–Crippen LogP) is 4.90. The van der Waals surface area contributed by atoms with Crippen molar-refractivity contribution in [2.24, 2.45) is 0 Å². The number of nitrogens with zero attached hydrogens (tertiary/aromatic N) is 1. The van der Waals surface area contributed by atoms with Crippen LogP contribution in [-0.2, 0) is 0 Å². The topological polar surface area (TPSA) is 28.3 Å². The van der Waals surface area contributed by atoms with E-state index in [1.165, 1.54) is 72.9 Å². The van der Waals surface area contributed by atoms with Gasteiger partial charge in [-0.2, -0.15) is 0 Å². The first-order valence-corrected chi connectivity index (χ1v) is 8.88. The van der Waals surface area contributed by atoms with Crippen molar-refractivity contribution in [3.63, 3.8) is 0 Å². The first-order valence-electron chi connectivity index (χ1n) is 8.88. The van der Waals surface area contributed by atoms with Crippen LogP contribution >= 0.6 is 0 Å². The lowest BCUT2D eigenvalue weighted by molar-refractivity contribution is 0.420. The maximum Gasteiger partial charge on any atom is 0.128 e. The summed E-state index contributed by atoms with van der Waals surface area (Å²) >= 11 is 0. The Balaban J connectivity index is 1.91. The summed E-state index contributed by atoms with van der Waals surface area (Å²) in [7, 11) is 3.98. The Kier molecular flexibility index (Phi) is 3.80. The van der Waals surface area contributed by atoms with E-state index in [9.17, 15) is 0 Å². The van der Waals surface area contributed by atoms with Crippen LogP contribution in [0.25, 0.3) is 17.0 Å². The molecule has 1 aromatic carbocycles. The summed E-state index contributed by atoms with van der Waals surface area (Å²) < 4.78 is 5.67. The minimum Gasteiger partial charge on any atom is -0.496 e. The molecule has 1 aromatic heterocycles. The second kappa shape index (κ2) is 5.95. The third-order valence-corrected chi connectivity index (χ3v) is 5.57.